The first kappa shape index (κ1) is 18.5. The van der Waals surface area contributed by atoms with Crippen LogP contribution >= 0.6 is 0 Å². The lowest BCUT2D eigenvalue weighted by atomic mass is 9.96. The lowest BCUT2D eigenvalue weighted by molar-refractivity contribution is 0.0932. The molecule has 1 amide bonds. The Kier molecular flexibility index (Phi) is 6.29. The number of hydrogen-bond donors (Lipinski definition) is 1. The van der Waals surface area contributed by atoms with Crippen LogP contribution in [0.1, 0.15) is 42.2 Å². The van der Waals surface area contributed by atoms with Gasteiger partial charge in [-0.05, 0) is 42.2 Å². The molecule has 0 saturated carbocycles. The molecule has 1 heterocycles. The van der Waals surface area contributed by atoms with Crippen molar-refractivity contribution in [3.8, 4) is 0 Å². The third-order valence-corrected chi connectivity index (χ3v) is 4.72. The molecule has 0 radical (unpaired) electrons. The highest BCUT2D eigenvalue weighted by atomic mass is 16.5. The van der Waals surface area contributed by atoms with Crippen LogP contribution in [0.2, 0.25) is 0 Å². The Labute approximate surface area is 156 Å². The van der Waals surface area contributed by atoms with Crippen molar-refractivity contribution in [2.24, 2.45) is 5.92 Å². The lowest BCUT2D eigenvalue weighted by Gasteiger charge is -2.29. The van der Waals surface area contributed by atoms with E-state index in [4.69, 9.17) is 4.74 Å². The highest BCUT2D eigenvalue weighted by Gasteiger charge is 2.18. The maximum absolute atomic E-state index is 12.8. The molecule has 2 aromatic rings. The van der Waals surface area contributed by atoms with E-state index in [-0.39, 0.29) is 11.9 Å². The van der Waals surface area contributed by atoms with Gasteiger partial charge < -0.3 is 15.0 Å². The van der Waals surface area contributed by atoms with Gasteiger partial charge in [-0.3, -0.25) is 4.79 Å². The highest BCUT2D eigenvalue weighted by molar-refractivity contribution is 5.94. The second-order valence-corrected chi connectivity index (χ2v) is 7.21. The quantitative estimate of drug-likeness (QED) is 0.853. The summed E-state index contributed by atoms with van der Waals surface area (Å²) in [6.07, 6.45) is 0.918. The molecule has 4 nitrogen and oxygen atoms in total. The number of carbonyl (C=O) groups is 1. The molecule has 1 N–H and O–H groups in total. The minimum Gasteiger partial charge on any atom is -0.378 e. The topological polar surface area (TPSA) is 41.6 Å². The zero-order valence-corrected chi connectivity index (χ0v) is 15.7. The van der Waals surface area contributed by atoms with Crippen LogP contribution in [0.3, 0.4) is 0 Å². The Morgan fingerprint density at radius 3 is 2.31 bits per heavy atom. The number of amides is 1. The molecule has 0 aliphatic carbocycles. The van der Waals surface area contributed by atoms with E-state index in [1.807, 2.05) is 42.5 Å². The fourth-order valence-electron chi connectivity index (χ4n) is 3.32. The van der Waals surface area contributed by atoms with E-state index >= 15 is 0 Å². The van der Waals surface area contributed by atoms with Crippen LogP contribution in [0.15, 0.2) is 54.6 Å². The number of morpholine rings is 1. The minimum atomic E-state index is -0.0203. The molecule has 2 aromatic carbocycles. The molecule has 1 aliphatic rings. The molecule has 0 spiro atoms. The Balaban J connectivity index is 1.68. The maximum atomic E-state index is 12.8. The number of rotatable bonds is 6. The molecular weight excluding hydrogens is 324 g/mol. The smallest absolute Gasteiger partial charge is 0.251 e. The molecule has 3 rings (SSSR count). The average molecular weight is 352 g/mol. The van der Waals surface area contributed by atoms with Gasteiger partial charge in [0.05, 0.1) is 19.3 Å². The average Bonchev–Trinajstić information content (AvgIpc) is 2.68. The minimum absolute atomic E-state index is 0.0203. The van der Waals surface area contributed by atoms with E-state index in [9.17, 15) is 4.79 Å². The zero-order chi connectivity index (χ0) is 18.4. The van der Waals surface area contributed by atoms with Crippen molar-refractivity contribution in [3.05, 3.63) is 65.7 Å². The van der Waals surface area contributed by atoms with Gasteiger partial charge in [-0.15, -0.1) is 0 Å². The van der Waals surface area contributed by atoms with Crippen LogP contribution in [0, 0.1) is 5.92 Å². The number of hydrogen-bond acceptors (Lipinski definition) is 3. The van der Waals surface area contributed by atoms with Crippen LogP contribution in [0.25, 0.3) is 0 Å². The van der Waals surface area contributed by atoms with Gasteiger partial charge in [0.2, 0.25) is 0 Å². The van der Waals surface area contributed by atoms with Crippen molar-refractivity contribution >= 4 is 11.6 Å². The first-order chi connectivity index (χ1) is 12.6. The molecule has 138 valence electrons. The van der Waals surface area contributed by atoms with Gasteiger partial charge in [-0.2, -0.15) is 0 Å². The molecule has 0 bridgehead atoms. The standard InChI is InChI=1S/C22H28N2O2/c1-17(2)16-21(18-6-4-3-5-7-18)23-22(25)19-8-10-20(11-9-19)24-12-14-26-15-13-24/h3-11,17,21H,12-16H2,1-2H3,(H,23,25). The van der Waals surface area contributed by atoms with Crippen LogP contribution in [0.4, 0.5) is 5.69 Å². The van der Waals surface area contributed by atoms with Gasteiger partial charge in [0.1, 0.15) is 0 Å². The predicted molar refractivity (Wildman–Crippen MR) is 106 cm³/mol. The van der Waals surface area contributed by atoms with E-state index in [1.54, 1.807) is 0 Å². The van der Waals surface area contributed by atoms with Crippen LogP contribution in [0.5, 0.6) is 0 Å². The monoisotopic (exact) mass is 352 g/mol. The molecular formula is C22H28N2O2. The molecule has 1 unspecified atom stereocenters. The second-order valence-electron chi connectivity index (χ2n) is 7.21. The van der Waals surface area contributed by atoms with Gasteiger partial charge in [-0.25, -0.2) is 0 Å². The number of ether oxygens (including phenoxy) is 1. The van der Waals surface area contributed by atoms with E-state index in [2.05, 4.69) is 36.2 Å². The summed E-state index contributed by atoms with van der Waals surface area (Å²) in [5.41, 5.74) is 3.00. The van der Waals surface area contributed by atoms with Crippen molar-refractivity contribution in [1.29, 1.82) is 0 Å². The SMILES string of the molecule is CC(C)CC(NC(=O)c1ccc(N2CCOCC2)cc1)c1ccccc1. The summed E-state index contributed by atoms with van der Waals surface area (Å²) in [6.45, 7) is 7.68. The predicted octanol–water partition coefficient (Wildman–Crippen LogP) is 4.04. The third kappa shape index (κ3) is 4.85. The Hall–Kier alpha value is -2.33. The number of nitrogens with one attached hydrogen (secondary N) is 1. The summed E-state index contributed by atoms with van der Waals surface area (Å²) in [5.74, 6) is 0.484. The molecule has 1 aliphatic heterocycles. The zero-order valence-electron chi connectivity index (χ0n) is 15.7. The summed E-state index contributed by atoms with van der Waals surface area (Å²) in [4.78, 5) is 15.0. The number of nitrogens with zero attached hydrogens (tertiary/aromatic N) is 1. The molecule has 4 heteroatoms. The summed E-state index contributed by atoms with van der Waals surface area (Å²) in [6, 6.07) is 18.1. The molecule has 0 aromatic heterocycles. The van der Waals surface area contributed by atoms with Gasteiger partial charge >= 0.3 is 0 Å². The lowest BCUT2D eigenvalue weighted by Crippen LogP contribution is -2.36. The third-order valence-electron chi connectivity index (χ3n) is 4.72. The van der Waals surface area contributed by atoms with Crippen LogP contribution in [-0.4, -0.2) is 32.2 Å². The van der Waals surface area contributed by atoms with Crippen LogP contribution in [-0.2, 0) is 4.74 Å². The summed E-state index contributed by atoms with van der Waals surface area (Å²) < 4.78 is 5.39. The molecule has 1 saturated heterocycles. The summed E-state index contributed by atoms with van der Waals surface area (Å²) in [7, 11) is 0. The molecule has 1 fully saturated rings. The van der Waals surface area contributed by atoms with E-state index in [0.717, 1.165) is 44.0 Å². The number of carbonyl (C=O) groups excluding carboxylic acids is 1. The normalized spacial score (nSPS) is 15.7. The molecule has 26 heavy (non-hydrogen) atoms. The number of benzene rings is 2. The fourth-order valence-corrected chi connectivity index (χ4v) is 3.32. The number of anilines is 1. The summed E-state index contributed by atoms with van der Waals surface area (Å²) >= 11 is 0. The summed E-state index contributed by atoms with van der Waals surface area (Å²) in [5, 5.41) is 3.21. The Bertz CT molecular complexity index is 692. The maximum Gasteiger partial charge on any atom is 0.251 e. The Morgan fingerprint density at radius 2 is 1.69 bits per heavy atom. The first-order valence-electron chi connectivity index (χ1n) is 9.42. The van der Waals surface area contributed by atoms with E-state index in [1.165, 1.54) is 0 Å². The largest absolute Gasteiger partial charge is 0.378 e. The van der Waals surface area contributed by atoms with E-state index < -0.39 is 0 Å². The van der Waals surface area contributed by atoms with Gasteiger partial charge in [-0.1, -0.05) is 44.2 Å². The second kappa shape index (κ2) is 8.86. The van der Waals surface area contributed by atoms with E-state index in [0.29, 0.717) is 11.5 Å². The van der Waals surface area contributed by atoms with Gasteiger partial charge in [0.15, 0.2) is 0 Å². The van der Waals surface area contributed by atoms with Gasteiger partial charge in [0, 0.05) is 24.3 Å². The van der Waals surface area contributed by atoms with Crippen molar-refractivity contribution < 1.29 is 9.53 Å². The van der Waals surface area contributed by atoms with Crippen molar-refractivity contribution in [2.75, 3.05) is 31.2 Å². The Morgan fingerprint density at radius 1 is 1.04 bits per heavy atom. The van der Waals surface area contributed by atoms with Gasteiger partial charge in [0.25, 0.3) is 5.91 Å². The first-order valence-corrected chi connectivity index (χ1v) is 9.42. The fraction of sp³-hybridized carbons (Fsp3) is 0.409. The van der Waals surface area contributed by atoms with Crippen molar-refractivity contribution in [2.45, 2.75) is 26.3 Å². The van der Waals surface area contributed by atoms with Crippen LogP contribution < -0.4 is 10.2 Å². The van der Waals surface area contributed by atoms with Crippen molar-refractivity contribution in [3.63, 3.8) is 0 Å². The highest BCUT2D eigenvalue weighted by Crippen LogP contribution is 2.22. The molecule has 1 atom stereocenters. The van der Waals surface area contributed by atoms with Crippen molar-refractivity contribution in [1.82, 2.24) is 5.32 Å².